The number of amides is 2. The number of ether oxygens (including phenoxy) is 1. The highest BCUT2D eigenvalue weighted by atomic mass is 16.5. The lowest BCUT2D eigenvalue weighted by Crippen LogP contribution is -2.45. The number of aromatic nitrogens is 2. The van der Waals surface area contributed by atoms with Gasteiger partial charge in [0, 0.05) is 25.6 Å². The van der Waals surface area contributed by atoms with Crippen LogP contribution < -0.4 is 5.32 Å². The molecule has 0 radical (unpaired) electrons. The molecule has 0 aliphatic carbocycles. The monoisotopic (exact) mass is 386 g/mol. The number of urea groups is 1. The number of rotatable bonds is 8. The molecule has 3 rings (SSSR count). The standard InChI is InChI=1S/C21H30N4O3/c1-16(2)10-11-22-21(26)25-12-6-9-18(13-25)20-23-19(28-24-20)15-27-14-17-7-4-3-5-8-17/h3-5,7-8,16,18H,6,9-15H2,1-2H3,(H,22,26). The van der Waals surface area contributed by atoms with Crippen molar-refractivity contribution in [2.45, 2.75) is 52.2 Å². The maximum Gasteiger partial charge on any atom is 0.317 e. The highest BCUT2D eigenvalue weighted by molar-refractivity contribution is 5.74. The van der Waals surface area contributed by atoms with Crippen LogP contribution in [0.15, 0.2) is 34.9 Å². The van der Waals surface area contributed by atoms with Crippen LogP contribution in [0.1, 0.15) is 56.3 Å². The van der Waals surface area contributed by atoms with Crippen molar-refractivity contribution in [3.05, 3.63) is 47.6 Å². The molecule has 7 nitrogen and oxygen atoms in total. The molecule has 0 spiro atoms. The molecule has 0 bridgehead atoms. The fraction of sp³-hybridized carbons (Fsp3) is 0.571. The zero-order valence-corrected chi connectivity index (χ0v) is 16.8. The van der Waals surface area contributed by atoms with Crippen LogP contribution in [0.3, 0.4) is 0 Å². The lowest BCUT2D eigenvalue weighted by molar-refractivity contribution is 0.0850. The van der Waals surface area contributed by atoms with Crippen LogP contribution in [0.25, 0.3) is 0 Å². The second-order valence-corrected chi connectivity index (χ2v) is 7.72. The fourth-order valence-corrected chi connectivity index (χ4v) is 3.27. The largest absolute Gasteiger partial charge is 0.367 e. The number of nitrogens with one attached hydrogen (secondary N) is 1. The van der Waals surface area contributed by atoms with E-state index in [-0.39, 0.29) is 18.6 Å². The smallest absolute Gasteiger partial charge is 0.317 e. The van der Waals surface area contributed by atoms with E-state index in [1.807, 2.05) is 35.2 Å². The molecule has 2 heterocycles. The van der Waals surface area contributed by atoms with Crippen LogP contribution in [-0.4, -0.2) is 40.7 Å². The van der Waals surface area contributed by atoms with Gasteiger partial charge in [-0.25, -0.2) is 4.79 Å². The van der Waals surface area contributed by atoms with Crippen molar-refractivity contribution in [3.8, 4) is 0 Å². The Kier molecular flexibility index (Phi) is 7.42. The Bertz CT molecular complexity index is 732. The van der Waals surface area contributed by atoms with Crippen LogP contribution in [0.5, 0.6) is 0 Å². The Morgan fingerprint density at radius 3 is 2.93 bits per heavy atom. The summed E-state index contributed by atoms with van der Waals surface area (Å²) in [6.07, 6.45) is 2.89. The quantitative estimate of drug-likeness (QED) is 0.748. The molecular weight excluding hydrogens is 356 g/mol. The van der Waals surface area contributed by atoms with Gasteiger partial charge in [-0.3, -0.25) is 0 Å². The van der Waals surface area contributed by atoms with Gasteiger partial charge in [-0.1, -0.05) is 49.3 Å². The Morgan fingerprint density at radius 1 is 1.32 bits per heavy atom. The van der Waals surface area contributed by atoms with Crippen LogP contribution >= 0.6 is 0 Å². The van der Waals surface area contributed by atoms with Gasteiger partial charge in [-0.15, -0.1) is 0 Å². The predicted molar refractivity (Wildman–Crippen MR) is 106 cm³/mol. The molecule has 2 aromatic rings. The molecule has 1 aliphatic rings. The molecular formula is C21H30N4O3. The minimum absolute atomic E-state index is 0.000243. The lowest BCUT2D eigenvalue weighted by Gasteiger charge is -2.31. The van der Waals surface area contributed by atoms with E-state index >= 15 is 0 Å². The SMILES string of the molecule is CC(C)CCNC(=O)N1CCCC(c2noc(COCc3ccccc3)n2)C1. The summed E-state index contributed by atoms with van der Waals surface area (Å²) in [5, 5.41) is 7.13. The first kappa shape index (κ1) is 20.3. The number of likely N-dealkylation sites (tertiary alicyclic amines) is 1. The molecule has 2 amide bonds. The minimum atomic E-state index is 0.000243. The summed E-state index contributed by atoms with van der Waals surface area (Å²) in [6, 6.07) is 9.98. The number of nitrogens with zero attached hydrogens (tertiary/aromatic N) is 3. The number of piperidine rings is 1. The third-order valence-electron chi connectivity index (χ3n) is 4.89. The van der Waals surface area contributed by atoms with Gasteiger partial charge in [-0.05, 0) is 30.7 Å². The van der Waals surface area contributed by atoms with E-state index < -0.39 is 0 Å². The topological polar surface area (TPSA) is 80.5 Å². The average Bonchev–Trinajstić information content (AvgIpc) is 3.17. The van der Waals surface area contributed by atoms with Gasteiger partial charge in [-0.2, -0.15) is 4.98 Å². The summed E-state index contributed by atoms with van der Waals surface area (Å²) in [7, 11) is 0. The van der Waals surface area contributed by atoms with Gasteiger partial charge in [0.15, 0.2) is 5.82 Å². The van der Waals surface area contributed by atoms with Crippen LogP contribution in [0.2, 0.25) is 0 Å². The van der Waals surface area contributed by atoms with E-state index in [0.717, 1.165) is 31.4 Å². The van der Waals surface area contributed by atoms with Crippen molar-refractivity contribution in [2.75, 3.05) is 19.6 Å². The van der Waals surface area contributed by atoms with Crippen molar-refractivity contribution < 1.29 is 14.1 Å². The molecule has 1 N–H and O–H groups in total. The molecule has 1 aromatic carbocycles. The van der Waals surface area contributed by atoms with Crippen molar-refractivity contribution in [2.24, 2.45) is 5.92 Å². The van der Waals surface area contributed by atoms with Crippen molar-refractivity contribution in [1.82, 2.24) is 20.4 Å². The summed E-state index contributed by atoms with van der Waals surface area (Å²) in [4.78, 5) is 18.7. The van der Waals surface area contributed by atoms with Crippen LogP contribution in [0, 0.1) is 5.92 Å². The molecule has 1 aromatic heterocycles. The Labute approximate surface area is 166 Å². The highest BCUT2D eigenvalue weighted by Gasteiger charge is 2.28. The number of hydrogen-bond donors (Lipinski definition) is 1. The van der Waals surface area contributed by atoms with Gasteiger partial charge in [0.1, 0.15) is 6.61 Å². The average molecular weight is 386 g/mol. The van der Waals surface area contributed by atoms with E-state index in [4.69, 9.17) is 9.26 Å². The van der Waals surface area contributed by atoms with Crippen molar-refractivity contribution in [3.63, 3.8) is 0 Å². The Balaban J connectivity index is 1.46. The molecule has 1 atom stereocenters. The number of hydrogen-bond acceptors (Lipinski definition) is 5. The summed E-state index contributed by atoms with van der Waals surface area (Å²) < 4.78 is 11.0. The van der Waals surface area contributed by atoms with Crippen molar-refractivity contribution in [1.29, 1.82) is 0 Å². The zero-order chi connectivity index (χ0) is 19.8. The number of carbonyl (C=O) groups excluding carboxylic acids is 1. The van der Waals surface area contributed by atoms with Gasteiger partial charge in [0.2, 0.25) is 0 Å². The zero-order valence-electron chi connectivity index (χ0n) is 16.8. The van der Waals surface area contributed by atoms with Crippen LogP contribution in [-0.2, 0) is 18.0 Å². The number of carbonyl (C=O) groups is 1. The first-order chi connectivity index (χ1) is 13.6. The normalized spacial score (nSPS) is 17.1. The van der Waals surface area contributed by atoms with Gasteiger partial charge in [0.05, 0.1) is 6.61 Å². The summed E-state index contributed by atoms with van der Waals surface area (Å²) in [5.74, 6) is 1.83. The second kappa shape index (κ2) is 10.2. The van der Waals surface area contributed by atoms with Crippen molar-refractivity contribution >= 4 is 6.03 Å². The van der Waals surface area contributed by atoms with Gasteiger partial charge < -0.3 is 19.5 Å². The summed E-state index contributed by atoms with van der Waals surface area (Å²) >= 11 is 0. The Hall–Kier alpha value is -2.41. The molecule has 28 heavy (non-hydrogen) atoms. The van der Waals surface area contributed by atoms with Gasteiger partial charge >= 0.3 is 6.03 Å². The predicted octanol–water partition coefficient (Wildman–Crippen LogP) is 3.72. The third kappa shape index (κ3) is 6.05. The lowest BCUT2D eigenvalue weighted by atomic mass is 9.98. The second-order valence-electron chi connectivity index (χ2n) is 7.72. The van der Waals surface area contributed by atoms with E-state index in [0.29, 0.717) is 37.3 Å². The van der Waals surface area contributed by atoms with E-state index in [2.05, 4.69) is 29.3 Å². The molecule has 1 fully saturated rings. The van der Waals surface area contributed by atoms with E-state index in [1.54, 1.807) is 0 Å². The first-order valence-corrected chi connectivity index (χ1v) is 10.1. The maximum absolute atomic E-state index is 12.4. The molecule has 1 saturated heterocycles. The maximum atomic E-state index is 12.4. The molecule has 1 unspecified atom stereocenters. The molecule has 7 heteroatoms. The Morgan fingerprint density at radius 2 is 2.14 bits per heavy atom. The van der Waals surface area contributed by atoms with Crippen LogP contribution in [0.4, 0.5) is 4.79 Å². The van der Waals surface area contributed by atoms with E-state index in [1.165, 1.54) is 0 Å². The summed E-state index contributed by atoms with van der Waals surface area (Å²) in [5.41, 5.74) is 1.11. The minimum Gasteiger partial charge on any atom is -0.367 e. The number of benzene rings is 1. The summed E-state index contributed by atoms with van der Waals surface area (Å²) in [6.45, 7) is 7.20. The third-order valence-corrected chi connectivity index (χ3v) is 4.89. The fourth-order valence-electron chi connectivity index (χ4n) is 3.27. The molecule has 1 aliphatic heterocycles. The van der Waals surface area contributed by atoms with Gasteiger partial charge in [0.25, 0.3) is 5.89 Å². The molecule has 0 saturated carbocycles. The van der Waals surface area contributed by atoms with E-state index in [9.17, 15) is 4.79 Å². The highest BCUT2D eigenvalue weighted by Crippen LogP contribution is 2.25. The molecule has 152 valence electrons. The first-order valence-electron chi connectivity index (χ1n) is 10.1.